The van der Waals surface area contributed by atoms with Gasteiger partial charge in [-0.05, 0) is 49.3 Å². The zero-order chi connectivity index (χ0) is 39.8. The molecule has 1 aromatic carbocycles. The van der Waals surface area contributed by atoms with Crippen molar-refractivity contribution in [2.75, 3.05) is 25.0 Å². The highest BCUT2D eigenvalue weighted by molar-refractivity contribution is 6.12. The number of aliphatic hydroxyl groups is 2. The minimum absolute atomic E-state index is 0.107. The Morgan fingerprint density at radius 1 is 1.00 bits per heavy atom. The number of alkyl halides is 1. The van der Waals surface area contributed by atoms with Crippen LogP contribution in [0.2, 0.25) is 0 Å². The van der Waals surface area contributed by atoms with Gasteiger partial charge in [-0.25, -0.2) is 14.0 Å². The summed E-state index contributed by atoms with van der Waals surface area (Å²) in [4.78, 5) is 87.4. The first-order valence-electron chi connectivity index (χ1n) is 17.8. The maximum absolute atomic E-state index is 13.9. The Bertz CT molecular complexity index is 1490. The molecule has 0 spiro atoms. The number of amides is 8. The molecular weight excluding hydrogens is 713 g/mol. The van der Waals surface area contributed by atoms with E-state index in [-0.39, 0.29) is 69.0 Å². The molecule has 298 valence electrons. The number of nitrogens with zero attached hydrogens (tertiary/aromatic N) is 1. The van der Waals surface area contributed by atoms with Gasteiger partial charge >= 0.3 is 12.1 Å². The highest BCUT2D eigenvalue weighted by Gasteiger charge is 2.38. The largest absolute Gasteiger partial charge is 0.445 e. The molecule has 54 heavy (non-hydrogen) atoms. The molecule has 2 heterocycles. The lowest BCUT2D eigenvalue weighted by molar-refractivity contribution is -0.162. The molecule has 1 saturated heterocycles. The summed E-state index contributed by atoms with van der Waals surface area (Å²) in [5.41, 5.74) is 6.03. The number of alkyl carbamates (subject to hydrolysis) is 1. The number of nitrogens with one attached hydrogen (secondary N) is 5. The zero-order valence-electron chi connectivity index (χ0n) is 30.3. The van der Waals surface area contributed by atoms with E-state index in [0.717, 1.165) is 4.90 Å². The number of unbranched alkanes of at least 4 members (excludes halogenated alkanes) is 2. The van der Waals surface area contributed by atoms with Crippen LogP contribution in [0.25, 0.3) is 0 Å². The molecule has 6 atom stereocenters. The van der Waals surface area contributed by atoms with Crippen LogP contribution in [0.3, 0.4) is 0 Å². The van der Waals surface area contributed by atoms with Crippen LogP contribution in [0.4, 0.5) is 19.7 Å². The summed E-state index contributed by atoms with van der Waals surface area (Å²) in [5, 5.41) is 32.0. The van der Waals surface area contributed by atoms with Crippen LogP contribution < -0.4 is 32.3 Å². The van der Waals surface area contributed by atoms with Gasteiger partial charge in [-0.2, -0.15) is 0 Å². The van der Waals surface area contributed by atoms with E-state index in [0.29, 0.717) is 30.5 Å². The monoisotopic (exact) mass is 763 g/mol. The van der Waals surface area contributed by atoms with E-state index >= 15 is 0 Å². The van der Waals surface area contributed by atoms with Crippen LogP contribution in [0.5, 0.6) is 0 Å². The number of hydrogen-bond acceptors (Lipinski definition) is 11. The van der Waals surface area contributed by atoms with E-state index in [9.17, 15) is 48.2 Å². The summed E-state index contributed by atoms with van der Waals surface area (Å²) in [5.74, 6) is -2.61. The van der Waals surface area contributed by atoms with E-state index in [4.69, 9.17) is 15.2 Å². The van der Waals surface area contributed by atoms with Gasteiger partial charge in [-0.3, -0.25) is 34.2 Å². The smallest absolute Gasteiger partial charge is 0.409 e. The minimum Gasteiger partial charge on any atom is -0.445 e. The molecular formula is C35H50FN7O11. The number of halogens is 1. The van der Waals surface area contributed by atoms with Crippen LogP contribution in [0.1, 0.15) is 64.4 Å². The molecule has 0 bridgehead atoms. The van der Waals surface area contributed by atoms with Crippen molar-refractivity contribution in [1.82, 2.24) is 26.2 Å². The SMILES string of the molecule is CC(C)C(NC(=O)CCCCCN1C(=O)C=CC1=O)C(=O)NC(CCCNC(N)=O)C(=O)Nc1ccc(COC(=O)NC2C[C@@H](O)[C@H](F)[C@@H](CO)O2)cc1. The molecule has 1 fully saturated rings. The van der Waals surface area contributed by atoms with Gasteiger partial charge < -0.3 is 46.7 Å². The number of aliphatic hydroxyl groups excluding tert-OH is 2. The summed E-state index contributed by atoms with van der Waals surface area (Å²) < 4.78 is 24.3. The van der Waals surface area contributed by atoms with E-state index in [1.54, 1.807) is 38.1 Å². The van der Waals surface area contributed by atoms with Crippen molar-refractivity contribution in [3.05, 3.63) is 42.0 Å². The Hall–Kier alpha value is -5.14. The maximum Gasteiger partial charge on any atom is 0.409 e. The Morgan fingerprint density at radius 3 is 2.31 bits per heavy atom. The first-order chi connectivity index (χ1) is 25.7. The first kappa shape index (κ1) is 43.3. The van der Waals surface area contributed by atoms with Crippen molar-refractivity contribution in [3.63, 3.8) is 0 Å². The molecule has 2 aliphatic rings. The highest BCUT2D eigenvalue weighted by Crippen LogP contribution is 2.22. The fraction of sp³-hybridized carbons (Fsp3) is 0.571. The summed E-state index contributed by atoms with van der Waals surface area (Å²) in [6, 6.07) is 3.47. The minimum atomic E-state index is -1.79. The molecule has 9 N–H and O–H groups in total. The lowest BCUT2D eigenvalue weighted by Gasteiger charge is -2.34. The van der Waals surface area contributed by atoms with E-state index in [1.807, 2.05) is 0 Å². The maximum atomic E-state index is 13.9. The Kier molecular flexibility index (Phi) is 17.3. The quantitative estimate of drug-likeness (QED) is 0.0658. The van der Waals surface area contributed by atoms with Crippen LogP contribution in [0.15, 0.2) is 36.4 Å². The Labute approximate surface area is 311 Å². The number of imide groups is 1. The number of nitrogens with two attached hydrogens (primary N) is 1. The second kappa shape index (κ2) is 21.5. The molecule has 19 heteroatoms. The van der Waals surface area contributed by atoms with Crippen LogP contribution >= 0.6 is 0 Å². The van der Waals surface area contributed by atoms with Crippen LogP contribution in [-0.4, -0.2) is 113 Å². The van der Waals surface area contributed by atoms with Crippen molar-refractivity contribution < 1.29 is 57.6 Å². The number of primary amides is 1. The number of benzene rings is 1. The van der Waals surface area contributed by atoms with Gasteiger partial charge in [0.05, 0.1) is 12.7 Å². The van der Waals surface area contributed by atoms with Gasteiger partial charge in [-0.1, -0.05) is 32.4 Å². The standard InChI is InChI=1S/C35H50FN7O11/c1-20(2)31(41-26(46)8-4-3-5-16-43-28(47)13-14-29(43)48)33(50)40-23(7-6-15-38-34(37)51)32(49)39-22-11-9-21(10-12-22)19-53-35(52)42-27-17-24(45)30(36)25(18-44)54-27/h9-14,20,23-25,27,30-31,44-45H,3-8,15-19H2,1-2H3,(H,39,49)(H,40,50)(H,41,46)(H,42,52)(H3,37,38,51)/t23?,24-,25-,27?,30+,31?/m1/s1. The molecule has 2 aliphatic heterocycles. The molecule has 3 rings (SSSR count). The third kappa shape index (κ3) is 14.0. The molecule has 1 aromatic rings. The summed E-state index contributed by atoms with van der Waals surface area (Å²) in [6.45, 7) is 3.01. The van der Waals surface area contributed by atoms with Gasteiger partial charge in [0.1, 0.15) is 31.0 Å². The van der Waals surface area contributed by atoms with Crippen LogP contribution in [0, 0.1) is 5.92 Å². The lowest BCUT2D eigenvalue weighted by Crippen LogP contribution is -2.54. The average Bonchev–Trinajstić information content (AvgIpc) is 3.44. The van der Waals surface area contributed by atoms with Crippen LogP contribution in [-0.2, 0) is 40.1 Å². The number of rotatable bonds is 20. The van der Waals surface area contributed by atoms with E-state index in [1.165, 1.54) is 12.2 Å². The van der Waals surface area contributed by atoms with E-state index < -0.39 is 67.2 Å². The molecule has 0 radical (unpaired) electrons. The lowest BCUT2D eigenvalue weighted by atomic mass is 10.0. The number of carbonyl (C=O) groups excluding carboxylic acids is 7. The number of ether oxygens (including phenoxy) is 2. The third-order valence-electron chi connectivity index (χ3n) is 8.62. The molecule has 18 nitrogen and oxygen atoms in total. The molecule has 3 unspecified atom stereocenters. The number of anilines is 1. The predicted octanol–water partition coefficient (Wildman–Crippen LogP) is 0.217. The van der Waals surface area contributed by atoms with Gasteiger partial charge in [-0.15, -0.1) is 0 Å². The summed E-state index contributed by atoms with van der Waals surface area (Å²) >= 11 is 0. The zero-order valence-corrected chi connectivity index (χ0v) is 30.3. The van der Waals surface area contributed by atoms with Crippen molar-refractivity contribution in [2.24, 2.45) is 11.7 Å². The van der Waals surface area contributed by atoms with Gasteiger partial charge in [0.15, 0.2) is 6.17 Å². The highest BCUT2D eigenvalue weighted by atomic mass is 19.1. The molecule has 0 aromatic heterocycles. The van der Waals surface area contributed by atoms with Crippen molar-refractivity contribution >= 4 is 47.3 Å². The van der Waals surface area contributed by atoms with Gasteiger partial charge in [0.25, 0.3) is 11.8 Å². The number of hydrogen-bond donors (Lipinski definition) is 8. The fourth-order valence-electron chi connectivity index (χ4n) is 5.62. The summed E-state index contributed by atoms with van der Waals surface area (Å²) in [7, 11) is 0. The van der Waals surface area contributed by atoms with Crippen molar-refractivity contribution in [2.45, 2.75) is 102 Å². The third-order valence-corrected chi connectivity index (χ3v) is 8.62. The Balaban J connectivity index is 1.51. The fourth-order valence-corrected chi connectivity index (χ4v) is 5.62. The van der Waals surface area contributed by atoms with Gasteiger partial charge in [0, 0.05) is 43.8 Å². The topological polar surface area (TPSA) is 268 Å². The van der Waals surface area contributed by atoms with Crippen molar-refractivity contribution in [1.29, 1.82) is 0 Å². The predicted molar refractivity (Wildman–Crippen MR) is 190 cm³/mol. The van der Waals surface area contributed by atoms with Gasteiger partial charge in [0.2, 0.25) is 17.7 Å². The average molecular weight is 764 g/mol. The normalized spacial score (nSPS) is 20.6. The summed E-state index contributed by atoms with van der Waals surface area (Å²) in [6.07, 6.45) is -2.22. The number of urea groups is 1. The molecule has 0 saturated carbocycles. The number of carbonyl (C=O) groups is 7. The van der Waals surface area contributed by atoms with E-state index in [2.05, 4.69) is 26.6 Å². The Morgan fingerprint density at radius 2 is 1.69 bits per heavy atom. The van der Waals surface area contributed by atoms with Crippen molar-refractivity contribution in [3.8, 4) is 0 Å². The second-order valence-electron chi connectivity index (χ2n) is 13.3. The molecule has 0 aliphatic carbocycles. The second-order valence-corrected chi connectivity index (χ2v) is 13.3. The first-order valence-corrected chi connectivity index (χ1v) is 17.8. The molecule has 8 amide bonds.